The third-order valence-corrected chi connectivity index (χ3v) is 6.44. The lowest BCUT2D eigenvalue weighted by molar-refractivity contribution is -0.139. The number of aliphatic carboxylic acids is 1. The second-order valence-electron chi connectivity index (χ2n) is 8.27. The summed E-state index contributed by atoms with van der Waals surface area (Å²) in [4.78, 5) is 15.4. The summed E-state index contributed by atoms with van der Waals surface area (Å²) in [5.41, 5.74) is 2.51. The fourth-order valence-corrected chi connectivity index (χ4v) is 4.45. The van der Waals surface area contributed by atoms with Gasteiger partial charge in [-0.2, -0.15) is 13.2 Å². The molecule has 0 unspecified atom stereocenters. The quantitative estimate of drug-likeness (QED) is 0.328. The number of carbonyl (C=O) groups is 1. The van der Waals surface area contributed by atoms with Crippen LogP contribution in [0.15, 0.2) is 41.8 Å². The molecule has 1 saturated carbocycles. The maximum absolute atomic E-state index is 12.7. The fraction of sp³-hybridized carbons (Fsp3) is 0.360. The predicted molar refractivity (Wildman–Crippen MR) is 123 cm³/mol. The summed E-state index contributed by atoms with van der Waals surface area (Å²) in [6, 6.07) is 8.81. The molecule has 3 aromatic rings. The lowest BCUT2D eigenvalue weighted by Gasteiger charge is -2.15. The van der Waals surface area contributed by atoms with Gasteiger partial charge in [-0.1, -0.05) is 12.1 Å². The molecule has 1 aliphatic carbocycles. The van der Waals surface area contributed by atoms with Crippen LogP contribution in [0.4, 0.5) is 13.2 Å². The van der Waals surface area contributed by atoms with Gasteiger partial charge in [0.2, 0.25) is 0 Å². The molecule has 0 amide bonds. The topological polar surface area (TPSA) is 68.7 Å². The van der Waals surface area contributed by atoms with Crippen molar-refractivity contribution in [3.63, 3.8) is 0 Å². The van der Waals surface area contributed by atoms with E-state index in [-0.39, 0.29) is 6.61 Å². The highest BCUT2D eigenvalue weighted by Gasteiger charge is 2.30. The summed E-state index contributed by atoms with van der Waals surface area (Å²) >= 11 is 1.48. The van der Waals surface area contributed by atoms with Crippen LogP contribution in [0.2, 0.25) is 0 Å². The van der Waals surface area contributed by atoms with Crippen LogP contribution in [0.1, 0.15) is 46.9 Å². The number of thiazole rings is 1. The summed E-state index contributed by atoms with van der Waals surface area (Å²) in [6.07, 6.45) is -0.772. The number of aryl methyl sites for hydroxylation is 2. The molecule has 180 valence electrons. The van der Waals surface area contributed by atoms with Crippen LogP contribution in [-0.4, -0.2) is 29.3 Å². The molecule has 1 aromatic heterocycles. The standard InChI is InChI=1S/C25H24F3NO4S/c1-15-11-22(19(16-4-5-16)12-21(15)33-13-24(30)31)32-10-2-3-23-29-20(14-34-23)17-6-8-18(9-7-17)25(26,27)28/h6-9,11-12,14,16H,2-5,10,13H2,1H3,(H,30,31). The zero-order valence-corrected chi connectivity index (χ0v) is 19.3. The molecule has 4 rings (SSSR count). The average molecular weight is 492 g/mol. The number of aromatic nitrogens is 1. The number of nitrogens with zero attached hydrogens (tertiary/aromatic N) is 1. The molecular weight excluding hydrogens is 467 g/mol. The number of ether oxygens (including phenoxy) is 2. The number of carboxylic acid groups (broad SMARTS) is 1. The van der Waals surface area contributed by atoms with E-state index >= 15 is 0 Å². The number of halogens is 3. The molecule has 1 N–H and O–H groups in total. The highest BCUT2D eigenvalue weighted by Crippen LogP contribution is 2.46. The minimum absolute atomic E-state index is 0.382. The zero-order valence-electron chi connectivity index (χ0n) is 18.5. The van der Waals surface area contributed by atoms with Gasteiger partial charge in [0.05, 0.1) is 22.9 Å². The molecule has 0 bridgehead atoms. The van der Waals surface area contributed by atoms with Crippen LogP contribution in [-0.2, 0) is 17.4 Å². The second-order valence-corrected chi connectivity index (χ2v) is 9.21. The first-order chi connectivity index (χ1) is 16.2. The van der Waals surface area contributed by atoms with E-state index in [2.05, 4.69) is 4.98 Å². The molecule has 2 aromatic carbocycles. The van der Waals surface area contributed by atoms with Gasteiger partial charge in [0.25, 0.3) is 0 Å². The number of rotatable bonds is 10. The van der Waals surface area contributed by atoms with E-state index in [4.69, 9.17) is 14.6 Å². The van der Waals surface area contributed by atoms with Crippen molar-refractivity contribution in [2.75, 3.05) is 13.2 Å². The summed E-state index contributed by atoms with van der Waals surface area (Å²) < 4.78 is 49.7. The highest BCUT2D eigenvalue weighted by atomic mass is 32.1. The van der Waals surface area contributed by atoms with Crippen molar-refractivity contribution in [2.24, 2.45) is 0 Å². The molecule has 0 saturated heterocycles. The zero-order chi connectivity index (χ0) is 24.3. The van der Waals surface area contributed by atoms with Crippen molar-refractivity contribution in [2.45, 2.75) is 44.7 Å². The maximum Gasteiger partial charge on any atom is 0.416 e. The number of alkyl halides is 3. The van der Waals surface area contributed by atoms with Gasteiger partial charge in [0.15, 0.2) is 6.61 Å². The van der Waals surface area contributed by atoms with E-state index < -0.39 is 17.7 Å². The van der Waals surface area contributed by atoms with Crippen LogP contribution < -0.4 is 9.47 Å². The fourth-order valence-electron chi connectivity index (χ4n) is 3.60. The second kappa shape index (κ2) is 10.0. The van der Waals surface area contributed by atoms with Crippen LogP contribution in [0.5, 0.6) is 11.5 Å². The Morgan fingerprint density at radius 3 is 2.53 bits per heavy atom. The van der Waals surface area contributed by atoms with Gasteiger partial charge in [-0.05, 0) is 61.9 Å². The van der Waals surface area contributed by atoms with Gasteiger partial charge in [-0.15, -0.1) is 11.3 Å². The Labute approximate surface area is 199 Å². The molecule has 0 radical (unpaired) electrons. The third-order valence-electron chi connectivity index (χ3n) is 5.53. The molecule has 1 heterocycles. The first-order valence-corrected chi connectivity index (χ1v) is 11.8. The summed E-state index contributed by atoms with van der Waals surface area (Å²) in [5, 5.41) is 11.6. The van der Waals surface area contributed by atoms with E-state index in [1.165, 1.54) is 23.5 Å². The first-order valence-electron chi connectivity index (χ1n) is 10.9. The Bertz CT molecular complexity index is 1150. The van der Waals surface area contributed by atoms with Crippen LogP contribution in [0.25, 0.3) is 11.3 Å². The summed E-state index contributed by atoms with van der Waals surface area (Å²) in [7, 11) is 0. The van der Waals surface area contributed by atoms with Crippen molar-refractivity contribution in [3.8, 4) is 22.8 Å². The van der Waals surface area contributed by atoms with E-state index in [1.807, 2.05) is 24.4 Å². The van der Waals surface area contributed by atoms with E-state index in [0.29, 0.717) is 36.0 Å². The molecule has 1 fully saturated rings. The number of carboxylic acids is 1. The Kier molecular flexibility index (Phi) is 7.11. The Morgan fingerprint density at radius 2 is 1.88 bits per heavy atom. The summed E-state index contributed by atoms with van der Waals surface area (Å²) in [6.45, 7) is 1.97. The van der Waals surface area contributed by atoms with Crippen molar-refractivity contribution in [1.82, 2.24) is 4.98 Å². The van der Waals surface area contributed by atoms with Crippen LogP contribution in [0, 0.1) is 6.92 Å². The Morgan fingerprint density at radius 1 is 1.15 bits per heavy atom. The van der Waals surface area contributed by atoms with E-state index in [0.717, 1.165) is 53.3 Å². The largest absolute Gasteiger partial charge is 0.493 e. The van der Waals surface area contributed by atoms with Crippen molar-refractivity contribution in [3.05, 3.63) is 63.5 Å². The maximum atomic E-state index is 12.7. The monoisotopic (exact) mass is 491 g/mol. The van der Waals surface area contributed by atoms with Gasteiger partial charge in [0.1, 0.15) is 11.5 Å². The molecular formula is C25H24F3NO4S. The van der Waals surface area contributed by atoms with Crippen molar-refractivity contribution in [1.29, 1.82) is 0 Å². The Hall–Kier alpha value is -3.07. The molecule has 0 atom stereocenters. The van der Waals surface area contributed by atoms with E-state index in [1.54, 1.807) is 0 Å². The molecule has 34 heavy (non-hydrogen) atoms. The first kappa shape index (κ1) is 24.1. The van der Waals surface area contributed by atoms with Crippen LogP contribution in [0.3, 0.4) is 0 Å². The smallest absolute Gasteiger partial charge is 0.416 e. The Balaban J connectivity index is 1.33. The predicted octanol–water partition coefficient (Wildman–Crippen LogP) is 6.49. The lowest BCUT2D eigenvalue weighted by Crippen LogP contribution is -2.10. The van der Waals surface area contributed by atoms with Gasteiger partial charge >= 0.3 is 12.1 Å². The van der Waals surface area contributed by atoms with Gasteiger partial charge in [-0.3, -0.25) is 0 Å². The average Bonchev–Trinajstić information content (AvgIpc) is 3.52. The summed E-state index contributed by atoms with van der Waals surface area (Å²) in [5.74, 6) is 0.756. The van der Waals surface area contributed by atoms with Crippen LogP contribution >= 0.6 is 11.3 Å². The van der Waals surface area contributed by atoms with Gasteiger partial charge in [0, 0.05) is 22.9 Å². The molecule has 9 heteroatoms. The number of benzene rings is 2. The van der Waals surface area contributed by atoms with Gasteiger partial charge in [-0.25, -0.2) is 9.78 Å². The van der Waals surface area contributed by atoms with Crippen molar-refractivity contribution < 1.29 is 32.5 Å². The lowest BCUT2D eigenvalue weighted by atomic mass is 10.1. The van der Waals surface area contributed by atoms with Crippen molar-refractivity contribution >= 4 is 17.3 Å². The number of hydrogen-bond acceptors (Lipinski definition) is 5. The number of hydrogen-bond donors (Lipinski definition) is 1. The molecule has 5 nitrogen and oxygen atoms in total. The molecule has 1 aliphatic rings. The minimum Gasteiger partial charge on any atom is -0.493 e. The molecule has 0 aliphatic heterocycles. The highest BCUT2D eigenvalue weighted by molar-refractivity contribution is 7.09. The van der Waals surface area contributed by atoms with Gasteiger partial charge < -0.3 is 14.6 Å². The SMILES string of the molecule is Cc1cc(OCCCc2nc(-c3ccc(C(F)(F)F)cc3)cs2)c(C2CC2)cc1OCC(=O)O. The third kappa shape index (κ3) is 6.08. The minimum atomic E-state index is -4.35. The molecule has 0 spiro atoms. The van der Waals surface area contributed by atoms with E-state index in [9.17, 15) is 18.0 Å². The normalized spacial score (nSPS) is 13.6.